The fourth-order valence-corrected chi connectivity index (χ4v) is 2.37. The van der Waals surface area contributed by atoms with Crippen molar-refractivity contribution in [1.29, 1.82) is 0 Å². The molecule has 11 nitrogen and oxygen atoms in total. The van der Waals surface area contributed by atoms with E-state index in [1.54, 1.807) is 0 Å². The van der Waals surface area contributed by atoms with E-state index >= 15 is 0 Å². The first-order valence-electron chi connectivity index (χ1n) is 7.40. The van der Waals surface area contributed by atoms with Gasteiger partial charge >= 0.3 is 5.97 Å². The normalized spacial score (nSPS) is 30.7. The number of aromatic nitrogens is 1. The summed E-state index contributed by atoms with van der Waals surface area (Å²) in [5.74, 6) is -1.50. The van der Waals surface area contributed by atoms with Crippen molar-refractivity contribution in [2.45, 2.75) is 43.3 Å². The molecule has 0 spiro atoms. The second-order valence-electron chi connectivity index (χ2n) is 5.63. The maximum Gasteiger partial charge on any atom is 0.322 e. The van der Waals surface area contributed by atoms with Crippen LogP contribution in [0, 0.1) is 0 Å². The average Bonchev–Trinajstić information content (AvgIpc) is 2.57. The van der Waals surface area contributed by atoms with Gasteiger partial charge in [0.15, 0.2) is 18.1 Å². The number of rotatable bonds is 6. The van der Waals surface area contributed by atoms with Crippen LogP contribution in [0.15, 0.2) is 23.3 Å². The predicted molar refractivity (Wildman–Crippen MR) is 80.7 cm³/mol. The molecule has 25 heavy (non-hydrogen) atoms. The summed E-state index contributed by atoms with van der Waals surface area (Å²) in [6, 6.07) is -0.0970. The number of aliphatic hydroxyl groups excluding tert-OH is 4. The second-order valence-corrected chi connectivity index (χ2v) is 5.63. The molecular formula is C14H20N2O9. The maximum atomic E-state index is 11.9. The molecule has 0 amide bonds. The van der Waals surface area contributed by atoms with Crippen LogP contribution < -0.4 is 15.9 Å². The Kier molecular flexibility index (Phi) is 6.11. The van der Waals surface area contributed by atoms with E-state index in [0.717, 1.165) is 6.07 Å². The molecule has 1 aromatic rings. The third kappa shape index (κ3) is 4.34. The van der Waals surface area contributed by atoms with Crippen molar-refractivity contribution in [3.63, 3.8) is 0 Å². The summed E-state index contributed by atoms with van der Waals surface area (Å²) < 4.78 is 11.6. The van der Waals surface area contributed by atoms with Crippen LogP contribution in [0.4, 0.5) is 0 Å². The Morgan fingerprint density at radius 3 is 2.64 bits per heavy atom. The van der Waals surface area contributed by atoms with Crippen molar-refractivity contribution in [3.05, 3.63) is 28.7 Å². The summed E-state index contributed by atoms with van der Waals surface area (Å²) >= 11 is 0. The van der Waals surface area contributed by atoms with Gasteiger partial charge in [-0.1, -0.05) is 0 Å². The highest BCUT2D eigenvalue weighted by atomic mass is 16.7. The number of pyridine rings is 1. The first-order valence-corrected chi connectivity index (χ1v) is 7.40. The largest absolute Gasteiger partial charge is 0.480 e. The monoisotopic (exact) mass is 360 g/mol. The van der Waals surface area contributed by atoms with Crippen molar-refractivity contribution in [2.24, 2.45) is 5.73 Å². The molecule has 0 aliphatic carbocycles. The molecule has 2 heterocycles. The standard InChI is InChI=1S/C14H20N2O9/c15-6(13(21)22)3-16-2-1-7(18)8(4-16)24-12-9(5-17)25-14(23)11(20)10(12)19/h1-2,4,6,9-12,14,17,19-20,23H,3,5,15H2,(H,21,22)/t6-,9+,10+,11+,12+,14+/m0/s1. The van der Waals surface area contributed by atoms with Crippen LogP contribution in [-0.4, -0.2) is 79.4 Å². The van der Waals surface area contributed by atoms with Gasteiger partial charge < -0.3 is 45.3 Å². The minimum absolute atomic E-state index is 0.138. The van der Waals surface area contributed by atoms with Gasteiger partial charge in [-0.05, 0) is 0 Å². The van der Waals surface area contributed by atoms with E-state index in [1.807, 2.05) is 0 Å². The molecule has 140 valence electrons. The van der Waals surface area contributed by atoms with Crippen molar-refractivity contribution in [2.75, 3.05) is 6.61 Å². The van der Waals surface area contributed by atoms with E-state index in [1.165, 1.54) is 17.0 Å². The summed E-state index contributed by atoms with van der Waals surface area (Å²) in [5, 5.41) is 47.2. The number of hydrogen-bond donors (Lipinski definition) is 6. The fraction of sp³-hybridized carbons (Fsp3) is 0.571. The first kappa shape index (κ1) is 19.3. The van der Waals surface area contributed by atoms with Crippen LogP contribution >= 0.6 is 0 Å². The molecule has 0 radical (unpaired) electrons. The summed E-state index contributed by atoms with van der Waals surface area (Å²) in [4.78, 5) is 22.7. The van der Waals surface area contributed by atoms with E-state index in [0.29, 0.717) is 0 Å². The average molecular weight is 360 g/mol. The van der Waals surface area contributed by atoms with Gasteiger partial charge in [-0.3, -0.25) is 9.59 Å². The van der Waals surface area contributed by atoms with Gasteiger partial charge in [0.2, 0.25) is 5.43 Å². The van der Waals surface area contributed by atoms with Gasteiger partial charge in [-0.2, -0.15) is 0 Å². The lowest BCUT2D eigenvalue weighted by Gasteiger charge is -2.39. The lowest BCUT2D eigenvalue weighted by Crippen LogP contribution is -2.60. The lowest BCUT2D eigenvalue weighted by atomic mass is 9.99. The van der Waals surface area contributed by atoms with Crippen LogP contribution in [-0.2, 0) is 16.1 Å². The number of nitrogens with zero attached hydrogens (tertiary/aromatic N) is 1. The minimum Gasteiger partial charge on any atom is -0.480 e. The molecular weight excluding hydrogens is 340 g/mol. The van der Waals surface area contributed by atoms with Gasteiger partial charge in [0, 0.05) is 18.8 Å². The van der Waals surface area contributed by atoms with Crippen molar-refractivity contribution in [3.8, 4) is 5.75 Å². The molecule has 1 fully saturated rings. The molecule has 0 bridgehead atoms. The topological polar surface area (TPSA) is 185 Å². The third-order valence-corrected chi connectivity index (χ3v) is 3.77. The van der Waals surface area contributed by atoms with Crippen molar-refractivity contribution < 1.29 is 39.8 Å². The van der Waals surface area contributed by atoms with Crippen LogP contribution in [0.3, 0.4) is 0 Å². The zero-order valence-corrected chi connectivity index (χ0v) is 13.0. The molecule has 2 rings (SSSR count). The summed E-state index contributed by atoms with van der Waals surface area (Å²) in [6.45, 7) is -0.781. The molecule has 0 aromatic carbocycles. The summed E-state index contributed by atoms with van der Waals surface area (Å²) in [6.07, 6.45) is -5.07. The molecule has 6 atom stereocenters. The molecule has 7 N–H and O–H groups in total. The maximum absolute atomic E-state index is 11.9. The van der Waals surface area contributed by atoms with E-state index in [9.17, 15) is 30.0 Å². The van der Waals surface area contributed by atoms with Crippen LogP contribution in [0.25, 0.3) is 0 Å². The zero-order valence-electron chi connectivity index (χ0n) is 13.0. The van der Waals surface area contributed by atoms with Crippen LogP contribution in [0.1, 0.15) is 0 Å². The Hall–Kier alpha value is -2.02. The van der Waals surface area contributed by atoms with Gasteiger partial charge in [-0.25, -0.2) is 0 Å². The molecule has 0 unspecified atom stereocenters. The Morgan fingerprint density at radius 2 is 2.04 bits per heavy atom. The Labute approximate surface area is 141 Å². The van der Waals surface area contributed by atoms with E-state index in [4.69, 9.17) is 20.3 Å². The smallest absolute Gasteiger partial charge is 0.322 e. The lowest BCUT2D eigenvalue weighted by molar-refractivity contribution is -0.282. The Bertz CT molecular complexity index is 662. The number of carboxylic acids is 1. The molecule has 0 saturated carbocycles. The Morgan fingerprint density at radius 1 is 1.36 bits per heavy atom. The van der Waals surface area contributed by atoms with Crippen LogP contribution in [0.2, 0.25) is 0 Å². The van der Waals surface area contributed by atoms with Gasteiger partial charge in [0.1, 0.15) is 24.4 Å². The molecule has 1 aliphatic heterocycles. The van der Waals surface area contributed by atoms with Gasteiger partial charge in [0.25, 0.3) is 0 Å². The predicted octanol–water partition coefficient (Wildman–Crippen LogP) is -3.56. The van der Waals surface area contributed by atoms with E-state index < -0.39 is 54.8 Å². The second kappa shape index (κ2) is 7.91. The SMILES string of the molecule is N[C@@H](Cn1ccc(=O)c(O[C@H]2[C@H](O)[C@@H](O)[C@H](O)O[C@@H]2CO)c1)C(=O)O. The fourth-order valence-electron chi connectivity index (χ4n) is 2.37. The van der Waals surface area contributed by atoms with Crippen LogP contribution in [0.5, 0.6) is 5.75 Å². The molecule has 1 aliphatic rings. The third-order valence-electron chi connectivity index (χ3n) is 3.77. The molecule has 11 heteroatoms. The molecule has 1 aromatic heterocycles. The molecule has 1 saturated heterocycles. The number of hydrogen-bond acceptors (Lipinski definition) is 9. The quantitative estimate of drug-likeness (QED) is 0.296. The Balaban J connectivity index is 2.23. The zero-order chi connectivity index (χ0) is 18.7. The number of ether oxygens (including phenoxy) is 2. The van der Waals surface area contributed by atoms with E-state index in [2.05, 4.69) is 0 Å². The van der Waals surface area contributed by atoms with Crippen molar-refractivity contribution in [1.82, 2.24) is 4.57 Å². The van der Waals surface area contributed by atoms with Gasteiger partial charge in [-0.15, -0.1) is 0 Å². The summed E-state index contributed by atoms with van der Waals surface area (Å²) in [5.41, 5.74) is 4.85. The minimum atomic E-state index is -1.71. The highest BCUT2D eigenvalue weighted by molar-refractivity contribution is 5.72. The van der Waals surface area contributed by atoms with Gasteiger partial charge in [0.05, 0.1) is 12.8 Å². The first-order chi connectivity index (χ1) is 11.7. The highest BCUT2D eigenvalue weighted by Gasteiger charge is 2.45. The number of nitrogens with two attached hydrogens (primary N) is 1. The van der Waals surface area contributed by atoms with Crippen molar-refractivity contribution >= 4 is 5.97 Å². The highest BCUT2D eigenvalue weighted by Crippen LogP contribution is 2.23. The number of aliphatic hydroxyl groups is 4. The van der Waals surface area contributed by atoms with E-state index in [-0.39, 0.29) is 12.3 Å². The summed E-state index contributed by atoms with van der Waals surface area (Å²) in [7, 11) is 0. The number of aliphatic carboxylic acids is 1. The number of carboxylic acid groups (broad SMARTS) is 1. The number of carbonyl (C=O) groups is 1.